The van der Waals surface area contributed by atoms with Gasteiger partial charge >= 0.3 is 6.03 Å². The summed E-state index contributed by atoms with van der Waals surface area (Å²) in [7, 11) is 0. The van der Waals surface area contributed by atoms with Crippen LogP contribution in [0.5, 0.6) is 0 Å². The van der Waals surface area contributed by atoms with Gasteiger partial charge < -0.3 is 15.0 Å². The van der Waals surface area contributed by atoms with Gasteiger partial charge in [-0.15, -0.1) is 0 Å². The lowest BCUT2D eigenvalue weighted by Gasteiger charge is -2.33. The zero-order chi connectivity index (χ0) is 13.7. The summed E-state index contributed by atoms with van der Waals surface area (Å²) in [5.41, 5.74) is 1.01. The van der Waals surface area contributed by atoms with Gasteiger partial charge in [0.1, 0.15) is 6.10 Å². The van der Waals surface area contributed by atoms with E-state index in [1.54, 1.807) is 4.90 Å². The van der Waals surface area contributed by atoms with E-state index in [2.05, 4.69) is 5.32 Å². The number of nitrogens with zero attached hydrogens (tertiary/aromatic N) is 1. The van der Waals surface area contributed by atoms with E-state index >= 15 is 0 Å². The van der Waals surface area contributed by atoms with Crippen LogP contribution in [0.4, 0.5) is 4.79 Å². The highest BCUT2D eigenvalue weighted by molar-refractivity contribution is 6.30. The number of nitrogens with one attached hydrogen (secondary N) is 1. The highest BCUT2D eigenvalue weighted by atomic mass is 35.5. The third-order valence-electron chi connectivity index (χ3n) is 3.10. The van der Waals surface area contributed by atoms with Gasteiger partial charge in [0.2, 0.25) is 0 Å². The van der Waals surface area contributed by atoms with Crippen molar-refractivity contribution in [3.05, 3.63) is 34.9 Å². The summed E-state index contributed by atoms with van der Waals surface area (Å²) < 4.78 is 5.72. The minimum absolute atomic E-state index is 0.0165. The second-order valence-corrected chi connectivity index (χ2v) is 5.03. The number of urea groups is 1. The van der Waals surface area contributed by atoms with E-state index in [4.69, 9.17) is 16.3 Å². The number of carbonyl (C=O) groups is 1. The van der Waals surface area contributed by atoms with Gasteiger partial charge in [-0.05, 0) is 24.1 Å². The van der Waals surface area contributed by atoms with Crippen molar-refractivity contribution in [2.75, 3.05) is 26.2 Å². The Bertz CT molecular complexity index is 439. The molecule has 19 heavy (non-hydrogen) atoms. The Hall–Kier alpha value is -1.26. The van der Waals surface area contributed by atoms with E-state index in [9.17, 15) is 4.79 Å². The maximum absolute atomic E-state index is 11.9. The van der Waals surface area contributed by atoms with Crippen molar-refractivity contribution >= 4 is 17.6 Å². The second-order valence-electron chi connectivity index (χ2n) is 4.59. The maximum Gasteiger partial charge on any atom is 0.317 e. The van der Waals surface area contributed by atoms with Crippen molar-refractivity contribution in [1.29, 1.82) is 0 Å². The maximum atomic E-state index is 11.9. The Labute approximate surface area is 118 Å². The van der Waals surface area contributed by atoms with Crippen LogP contribution in [0.3, 0.4) is 0 Å². The molecule has 0 aliphatic carbocycles. The quantitative estimate of drug-likeness (QED) is 0.926. The largest absolute Gasteiger partial charge is 0.370 e. The number of halogens is 1. The third-order valence-corrected chi connectivity index (χ3v) is 3.34. The topological polar surface area (TPSA) is 41.6 Å². The number of amides is 2. The lowest BCUT2D eigenvalue weighted by atomic mass is 10.1. The Balaban J connectivity index is 1.99. The number of hydrogen-bond donors (Lipinski definition) is 1. The third kappa shape index (κ3) is 3.85. The van der Waals surface area contributed by atoms with Gasteiger partial charge in [-0.1, -0.05) is 30.7 Å². The van der Waals surface area contributed by atoms with Gasteiger partial charge in [-0.3, -0.25) is 0 Å². The van der Waals surface area contributed by atoms with Crippen LogP contribution in [-0.4, -0.2) is 37.2 Å². The summed E-state index contributed by atoms with van der Waals surface area (Å²) in [6, 6.07) is 7.58. The van der Waals surface area contributed by atoms with Crippen molar-refractivity contribution in [2.45, 2.75) is 19.4 Å². The molecule has 0 radical (unpaired) electrons. The highest BCUT2D eigenvalue weighted by Gasteiger charge is 2.25. The molecule has 1 aromatic carbocycles. The summed E-state index contributed by atoms with van der Waals surface area (Å²) in [5, 5.41) is 3.58. The molecule has 2 rings (SSSR count). The van der Waals surface area contributed by atoms with Crippen molar-refractivity contribution in [2.24, 2.45) is 0 Å². The molecule has 1 heterocycles. The first-order valence-corrected chi connectivity index (χ1v) is 6.98. The Morgan fingerprint density at radius 1 is 1.58 bits per heavy atom. The fourth-order valence-corrected chi connectivity index (χ4v) is 2.28. The molecule has 1 N–H and O–H groups in total. The van der Waals surface area contributed by atoms with Crippen LogP contribution >= 0.6 is 11.6 Å². The zero-order valence-electron chi connectivity index (χ0n) is 11.1. The number of hydrogen-bond acceptors (Lipinski definition) is 2. The number of carbonyl (C=O) groups excluding carboxylic acids is 1. The monoisotopic (exact) mass is 282 g/mol. The minimum atomic E-state index is -0.0974. The molecule has 1 saturated heterocycles. The predicted molar refractivity (Wildman–Crippen MR) is 75.4 cm³/mol. The summed E-state index contributed by atoms with van der Waals surface area (Å²) >= 11 is 5.98. The van der Waals surface area contributed by atoms with Gasteiger partial charge in [0.15, 0.2) is 0 Å². The van der Waals surface area contributed by atoms with Crippen LogP contribution in [0, 0.1) is 0 Å². The first kappa shape index (κ1) is 14.2. The molecular weight excluding hydrogens is 264 g/mol. The molecule has 0 aromatic heterocycles. The van der Waals surface area contributed by atoms with Crippen molar-refractivity contribution in [3.8, 4) is 0 Å². The van der Waals surface area contributed by atoms with E-state index in [1.165, 1.54) is 0 Å². The number of ether oxygens (including phenoxy) is 1. The molecule has 1 aliphatic rings. The van der Waals surface area contributed by atoms with Crippen LogP contribution in [0.2, 0.25) is 5.02 Å². The normalized spacial score (nSPS) is 19.3. The molecular formula is C14H19ClN2O2. The first-order valence-electron chi connectivity index (χ1n) is 6.60. The highest BCUT2D eigenvalue weighted by Crippen LogP contribution is 2.24. The van der Waals surface area contributed by atoms with Crippen LogP contribution in [0.15, 0.2) is 24.3 Å². The molecule has 0 bridgehead atoms. The molecule has 1 unspecified atom stereocenters. The average molecular weight is 283 g/mol. The van der Waals surface area contributed by atoms with E-state index in [0.29, 0.717) is 31.3 Å². The zero-order valence-corrected chi connectivity index (χ0v) is 11.8. The lowest BCUT2D eigenvalue weighted by molar-refractivity contribution is -0.0154. The average Bonchev–Trinajstić information content (AvgIpc) is 2.45. The van der Waals surface area contributed by atoms with Gasteiger partial charge in [0.25, 0.3) is 0 Å². The van der Waals surface area contributed by atoms with Crippen LogP contribution < -0.4 is 5.32 Å². The van der Waals surface area contributed by atoms with E-state index < -0.39 is 0 Å². The molecule has 1 aliphatic heterocycles. The summed E-state index contributed by atoms with van der Waals surface area (Å²) in [6.07, 6.45) is 0.841. The molecule has 104 valence electrons. The molecule has 0 spiro atoms. The SMILES string of the molecule is CCCNC(=O)N1CCOC(c2cccc(Cl)c2)C1. The van der Waals surface area contributed by atoms with E-state index in [1.807, 2.05) is 31.2 Å². The Kier molecular flexibility index (Phi) is 5.05. The fraction of sp³-hybridized carbons (Fsp3) is 0.500. The molecule has 1 atom stereocenters. The molecule has 0 saturated carbocycles. The Morgan fingerprint density at radius 3 is 3.16 bits per heavy atom. The van der Waals surface area contributed by atoms with Crippen molar-refractivity contribution in [3.63, 3.8) is 0 Å². The predicted octanol–water partition coefficient (Wildman–Crippen LogP) is 2.83. The lowest BCUT2D eigenvalue weighted by Crippen LogP contribution is -2.47. The summed E-state index contributed by atoms with van der Waals surface area (Å²) in [5.74, 6) is 0. The van der Waals surface area contributed by atoms with Crippen LogP contribution in [0.1, 0.15) is 25.0 Å². The number of benzene rings is 1. The molecule has 1 aromatic rings. The van der Waals surface area contributed by atoms with Gasteiger partial charge in [0.05, 0.1) is 13.2 Å². The molecule has 4 nitrogen and oxygen atoms in total. The number of rotatable bonds is 3. The van der Waals surface area contributed by atoms with Crippen molar-refractivity contribution < 1.29 is 9.53 Å². The summed E-state index contributed by atoms with van der Waals surface area (Å²) in [6.45, 7) is 4.49. The molecule has 1 fully saturated rings. The van der Waals surface area contributed by atoms with Crippen LogP contribution in [0.25, 0.3) is 0 Å². The van der Waals surface area contributed by atoms with Crippen molar-refractivity contribution in [1.82, 2.24) is 10.2 Å². The van der Waals surface area contributed by atoms with Crippen LogP contribution in [-0.2, 0) is 4.74 Å². The fourth-order valence-electron chi connectivity index (χ4n) is 2.09. The van der Waals surface area contributed by atoms with Gasteiger partial charge in [-0.25, -0.2) is 4.79 Å². The first-order chi connectivity index (χ1) is 9.20. The summed E-state index contributed by atoms with van der Waals surface area (Å²) in [4.78, 5) is 13.7. The molecule has 5 heteroatoms. The number of morpholine rings is 1. The van der Waals surface area contributed by atoms with E-state index in [0.717, 1.165) is 12.0 Å². The minimum Gasteiger partial charge on any atom is -0.370 e. The smallest absolute Gasteiger partial charge is 0.317 e. The van der Waals surface area contributed by atoms with Gasteiger partial charge in [0, 0.05) is 18.1 Å². The standard InChI is InChI=1S/C14H19ClN2O2/c1-2-6-16-14(18)17-7-8-19-13(10-17)11-4-3-5-12(15)9-11/h3-5,9,13H,2,6-8,10H2,1H3,(H,16,18). The van der Waals surface area contributed by atoms with Gasteiger partial charge in [-0.2, -0.15) is 0 Å². The Morgan fingerprint density at radius 2 is 2.42 bits per heavy atom. The van der Waals surface area contributed by atoms with E-state index in [-0.39, 0.29) is 12.1 Å². The second kappa shape index (κ2) is 6.78. The molecule has 2 amide bonds.